The van der Waals surface area contributed by atoms with Gasteiger partial charge in [-0.1, -0.05) is 0 Å². The van der Waals surface area contributed by atoms with Crippen molar-refractivity contribution in [3.05, 3.63) is 18.3 Å². The van der Waals surface area contributed by atoms with Crippen molar-refractivity contribution in [2.45, 2.75) is 24.4 Å². The molecule has 0 unspecified atom stereocenters. The Kier molecular flexibility index (Phi) is 3.04. The minimum atomic E-state index is -3.07. The van der Waals surface area contributed by atoms with Gasteiger partial charge in [-0.05, 0) is 0 Å². The topological polar surface area (TPSA) is 106 Å². The van der Waals surface area contributed by atoms with Crippen LogP contribution in [0.15, 0.2) is 12.5 Å². The maximum atomic E-state index is 13.9. The molecule has 114 valence electrons. The van der Waals surface area contributed by atoms with Gasteiger partial charge in [-0.3, -0.25) is 0 Å². The fourth-order valence-corrected chi connectivity index (χ4v) is 2.34. The van der Waals surface area contributed by atoms with E-state index in [2.05, 4.69) is 9.97 Å². The quantitative estimate of drug-likeness (QED) is 0.723. The Hall–Kier alpha value is -1.91. The van der Waals surface area contributed by atoms with Crippen molar-refractivity contribution in [1.82, 2.24) is 14.5 Å². The molecule has 0 spiro atoms. The van der Waals surface area contributed by atoms with E-state index in [1.165, 1.54) is 0 Å². The van der Waals surface area contributed by atoms with E-state index >= 15 is 0 Å². The van der Waals surface area contributed by atoms with Gasteiger partial charge >= 0.3 is 0 Å². The highest BCUT2D eigenvalue weighted by Gasteiger charge is 2.57. The number of alkyl halides is 2. The summed E-state index contributed by atoms with van der Waals surface area (Å²) in [4.78, 5) is 7.38. The summed E-state index contributed by atoms with van der Waals surface area (Å²) in [5.74, 6) is -4.06. The van der Waals surface area contributed by atoms with E-state index in [1.54, 1.807) is 0 Å². The van der Waals surface area contributed by atoms with Crippen molar-refractivity contribution < 1.29 is 28.1 Å². The fraction of sp³-hybridized carbons (Fsp3) is 0.455. The number of aliphatic hydroxyl groups is 2. The summed E-state index contributed by atoms with van der Waals surface area (Å²) >= 11 is 0. The first-order valence-electron chi connectivity index (χ1n) is 5.95. The summed E-state index contributed by atoms with van der Waals surface area (Å²) in [6, 6.07) is 0. The first kappa shape index (κ1) is 14.0. The van der Waals surface area contributed by atoms with Crippen LogP contribution in [0.5, 0.6) is 0 Å². The van der Waals surface area contributed by atoms with E-state index in [9.17, 15) is 18.3 Å². The zero-order valence-corrected chi connectivity index (χ0v) is 10.4. The van der Waals surface area contributed by atoms with Crippen LogP contribution in [0.2, 0.25) is 0 Å². The fourth-order valence-electron chi connectivity index (χ4n) is 2.34. The van der Waals surface area contributed by atoms with Crippen LogP contribution in [0.1, 0.15) is 6.23 Å². The van der Waals surface area contributed by atoms with Gasteiger partial charge in [-0.2, -0.15) is 0 Å². The van der Waals surface area contributed by atoms with Crippen LogP contribution >= 0.6 is 0 Å². The van der Waals surface area contributed by atoms with Gasteiger partial charge in [0.2, 0.25) is 0 Å². The van der Waals surface area contributed by atoms with Crippen LogP contribution < -0.4 is 5.73 Å². The largest absolute Gasteiger partial charge is 0.390 e. The number of ether oxygens (including phenoxy) is 1. The highest BCUT2D eigenvalue weighted by molar-refractivity contribution is 5.86. The van der Waals surface area contributed by atoms with Crippen molar-refractivity contribution in [2.75, 3.05) is 12.3 Å². The number of nitrogens with zero attached hydrogens (tertiary/aromatic N) is 3. The lowest BCUT2D eigenvalue weighted by atomic mass is 10.1. The summed E-state index contributed by atoms with van der Waals surface area (Å²) in [6.07, 6.45) is -4.16. The molecule has 3 rings (SSSR count). The van der Waals surface area contributed by atoms with Crippen molar-refractivity contribution >= 4 is 16.9 Å². The molecule has 0 bridgehead atoms. The number of aromatic nitrogens is 3. The molecule has 2 aromatic rings. The molecule has 0 aliphatic carbocycles. The Bertz CT molecular complexity index is 697. The molecule has 1 aliphatic rings. The molecule has 0 amide bonds. The molecule has 1 saturated heterocycles. The van der Waals surface area contributed by atoms with Crippen LogP contribution in [0.25, 0.3) is 11.0 Å². The number of nitrogens with two attached hydrogens (primary N) is 1. The minimum Gasteiger partial charge on any atom is -0.390 e. The Morgan fingerprint density at radius 1 is 1.48 bits per heavy atom. The third kappa shape index (κ3) is 1.87. The van der Waals surface area contributed by atoms with Crippen LogP contribution in [-0.4, -0.2) is 49.5 Å². The third-order valence-electron chi connectivity index (χ3n) is 3.40. The van der Waals surface area contributed by atoms with Gasteiger partial charge in [0.25, 0.3) is 5.85 Å². The lowest BCUT2D eigenvalue weighted by Gasteiger charge is -2.19. The number of anilines is 1. The molecule has 0 radical (unpaired) electrons. The van der Waals surface area contributed by atoms with E-state index in [0.29, 0.717) is 0 Å². The molecule has 1 fully saturated rings. The highest BCUT2D eigenvalue weighted by Crippen LogP contribution is 2.41. The van der Waals surface area contributed by atoms with E-state index in [-0.39, 0.29) is 16.9 Å². The number of rotatable bonds is 2. The number of hydrogen-bond acceptors (Lipinski definition) is 6. The predicted octanol–water partition coefficient (Wildman–Crippen LogP) is 0.0385. The normalized spacial score (nSPS) is 32.9. The second-order valence-electron chi connectivity index (χ2n) is 4.69. The monoisotopic (exact) mass is 304 g/mol. The molecule has 4 N–H and O–H groups in total. The smallest absolute Gasteiger partial charge is 0.268 e. The number of aliphatic hydroxyl groups excluding tert-OH is 2. The van der Waals surface area contributed by atoms with Gasteiger partial charge in [0, 0.05) is 6.20 Å². The molecule has 0 aromatic carbocycles. The average Bonchev–Trinajstić information content (AvgIpc) is 2.91. The zero-order chi connectivity index (χ0) is 15.4. The summed E-state index contributed by atoms with van der Waals surface area (Å²) in [5, 5.41) is 18.5. The summed E-state index contributed by atoms with van der Waals surface area (Å²) in [7, 11) is 0. The Morgan fingerprint density at radius 3 is 2.81 bits per heavy atom. The van der Waals surface area contributed by atoms with E-state index in [0.717, 1.165) is 17.1 Å². The van der Waals surface area contributed by atoms with E-state index in [4.69, 9.17) is 15.6 Å². The molecule has 2 aromatic heterocycles. The van der Waals surface area contributed by atoms with Crippen LogP contribution in [-0.2, 0) is 4.74 Å². The van der Waals surface area contributed by atoms with Crippen LogP contribution in [0, 0.1) is 5.82 Å². The summed E-state index contributed by atoms with van der Waals surface area (Å²) in [6.45, 7) is -1.29. The van der Waals surface area contributed by atoms with E-state index in [1.807, 2.05) is 0 Å². The Morgan fingerprint density at radius 2 is 2.19 bits per heavy atom. The van der Waals surface area contributed by atoms with Crippen molar-refractivity contribution in [2.24, 2.45) is 0 Å². The van der Waals surface area contributed by atoms with Crippen LogP contribution in [0.3, 0.4) is 0 Å². The Labute approximate surface area is 115 Å². The number of hydrogen-bond donors (Lipinski definition) is 3. The van der Waals surface area contributed by atoms with Gasteiger partial charge in [0.1, 0.15) is 24.9 Å². The molecule has 4 atom stereocenters. The van der Waals surface area contributed by atoms with Gasteiger partial charge in [-0.25, -0.2) is 23.1 Å². The SMILES string of the molecule is Nc1ncnc2c1c(F)cn2[C@@H]1O[C@](F)(CO)[C@@H](F)[C@H]1O. The molecule has 1 aliphatic heterocycles. The van der Waals surface area contributed by atoms with Crippen LogP contribution in [0.4, 0.5) is 19.0 Å². The third-order valence-corrected chi connectivity index (χ3v) is 3.40. The molecule has 21 heavy (non-hydrogen) atoms. The van der Waals surface area contributed by atoms with Crippen molar-refractivity contribution in [3.8, 4) is 0 Å². The maximum Gasteiger partial charge on any atom is 0.268 e. The molecular weight excluding hydrogens is 293 g/mol. The first-order chi connectivity index (χ1) is 9.89. The highest BCUT2D eigenvalue weighted by atomic mass is 19.2. The molecule has 3 heterocycles. The predicted molar refractivity (Wildman–Crippen MR) is 63.8 cm³/mol. The number of fused-ring (bicyclic) bond motifs is 1. The van der Waals surface area contributed by atoms with Crippen molar-refractivity contribution in [3.63, 3.8) is 0 Å². The zero-order valence-electron chi connectivity index (χ0n) is 10.4. The average molecular weight is 304 g/mol. The standard InChI is InChI=1S/C11H11F3N4O3/c12-4-1-18(9-5(4)8(15)16-3-17-9)10-6(20)7(13)11(14,2-19)21-10/h1,3,6-7,10,19-20H,2H2,(H2,15,16,17)/t6-,7+,10-,11-/m1/s1. The molecule has 10 heteroatoms. The first-order valence-corrected chi connectivity index (χ1v) is 5.95. The molecule has 0 saturated carbocycles. The van der Waals surface area contributed by atoms with Gasteiger partial charge < -0.3 is 25.3 Å². The van der Waals surface area contributed by atoms with Gasteiger partial charge in [0.15, 0.2) is 23.9 Å². The summed E-state index contributed by atoms with van der Waals surface area (Å²) in [5.41, 5.74) is 5.43. The second kappa shape index (κ2) is 4.55. The number of nitrogen functional groups attached to an aromatic ring is 1. The van der Waals surface area contributed by atoms with Gasteiger partial charge in [-0.15, -0.1) is 0 Å². The lowest BCUT2D eigenvalue weighted by molar-refractivity contribution is -0.195. The Balaban J connectivity index is 2.12. The van der Waals surface area contributed by atoms with Crippen molar-refractivity contribution in [1.29, 1.82) is 0 Å². The number of halogens is 3. The maximum absolute atomic E-state index is 13.9. The van der Waals surface area contributed by atoms with Gasteiger partial charge in [0.05, 0.1) is 5.39 Å². The summed E-state index contributed by atoms with van der Waals surface area (Å²) < 4.78 is 47.2. The van der Waals surface area contributed by atoms with E-state index < -0.39 is 36.8 Å². The molecule has 7 nitrogen and oxygen atoms in total. The lowest BCUT2D eigenvalue weighted by Crippen LogP contribution is -2.39. The minimum absolute atomic E-state index is 0.0848. The molecular formula is C11H11F3N4O3. The second-order valence-corrected chi connectivity index (χ2v) is 4.69.